The number of hydrogen-bond donors (Lipinski definition) is 1. The molecule has 34 heavy (non-hydrogen) atoms. The van der Waals surface area contributed by atoms with Crippen LogP contribution in [0.2, 0.25) is 5.02 Å². The molecule has 1 heterocycles. The number of aryl methyl sites for hydroxylation is 1. The average molecular weight is 492 g/mol. The summed E-state index contributed by atoms with van der Waals surface area (Å²) in [5, 5.41) is 3.87. The SMILES string of the molecule is COc1cccc(C(NC(=O)CSC(c2ccccc2)c2ccc(Cl)cc2)c2nccn2C)c1. The van der Waals surface area contributed by atoms with E-state index in [1.807, 2.05) is 84.5 Å². The number of methoxy groups -OCH3 is 1. The van der Waals surface area contributed by atoms with Gasteiger partial charge in [-0.3, -0.25) is 4.79 Å². The van der Waals surface area contributed by atoms with Crippen LogP contribution in [0.3, 0.4) is 0 Å². The molecule has 1 amide bonds. The molecule has 0 saturated carbocycles. The number of halogens is 1. The predicted molar refractivity (Wildman–Crippen MR) is 138 cm³/mol. The standard InChI is InChI=1S/C27H26ClN3O2S/c1-31-16-15-29-27(31)25(21-9-6-10-23(17-21)33-2)30-24(32)18-34-26(19-7-4-3-5-8-19)20-11-13-22(28)14-12-20/h3-17,25-26H,18H2,1-2H3,(H,30,32). The molecule has 0 bridgehead atoms. The Morgan fingerprint density at radius 1 is 1.03 bits per heavy atom. The van der Waals surface area contributed by atoms with Gasteiger partial charge in [0.2, 0.25) is 5.91 Å². The van der Waals surface area contributed by atoms with Gasteiger partial charge in [-0.05, 0) is 41.0 Å². The second-order valence-electron chi connectivity index (χ2n) is 7.83. The molecule has 0 radical (unpaired) electrons. The largest absolute Gasteiger partial charge is 0.497 e. The summed E-state index contributed by atoms with van der Waals surface area (Å²) in [7, 11) is 3.55. The fourth-order valence-corrected chi connectivity index (χ4v) is 5.01. The summed E-state index contributed by atoms with van der Waals surface area (Å²) >= 11 is 7.68. The molecule has 0 spiro atoms. The average Bonchev–Trinajstić information content (AvgIpc) is 3.30. The Morgan fingerprint density at radius 3 is 2.41 bits per heavy atom. The fraction of sp³-hybridized carbons (Fsp3) is 0.185. The Morgan fingerprint density at radius 2 is 1.74 bits per heavy atom. The smallest absolute Gasteiger partial charge is 0.230 e. The number of hydrogen-bond acceptors (Lipinski definition) is 4. The Hall–Kier alpha value is -3.22. The molecule has 2 atom stereocenters. The third-order valence-corrected chi connectivity index (χ3v) is 7.06. The van der Waals surface area contributed by atoms with Crippen LogP contribution in [0, 0.1) is 0 Å². The van der Waals surface area contributed by atoms with Gasteiger partial charge in [-0.25, -0.2) is 4.98 Å². The zero-order valence-electron chi connectivity index (χ0n) is 19.0. The maximum absolute atomic E-state index is 13.2. The zero-order chi connectivity index (χ0) is 23.9. The van der Waals surface area contributed by atoms with Crippen molar-refractivity contribution in [1.29, 1.82) is 0 Å². The molecule has 0 aliphatic rings. The van der Waals surface area contributed by atoms with Crippen molar-refractivity contribution in [3.63, 3.8) is 0 Å². The van der Waals surface area contributed by atoms with Crippen LogP contribution in [0.1, 0.15) is 33.8 Å². The molecule has 174 valence electrons. The minimum Gasteiger partial charge on any atom is -0.497 e. The Labute approximate surface area is 209 Å². The summed E-state index contributed by atoms with van der Waals surface area (Å²) in [5.74, 6) is 1.69. The maximum Gasteiger partial charge on any atom is 0.230 e. The van der Waals surface area contributed by atoms with E-state index in [2.05, 4.69) is 22.4 Å². The summed E-state index contributed by atoms with van der Waals surface area (Å²) in [5.41, 5.74) is 3.14. The molecule has 5 nitrogen and oxygen atoms in total. The number of nitrogens with one attached hydrogen (secondary N) is 1. The summed E-state index contributed by atoms with van der Waals surface area (Å²) in [6.45, 7) is 0. The lowest BCUT2D eigenvalue weighted by atomic mass is 10.0. The first kappa shape index (κ1) is 23.9. The number of nitrogens with zero attached hydrogens (tertiary/aromatic N) is 2. The molecule has 3 aromatic carbocycles. The van der Waals surface area contributed by atoms with Gasteiger partial charge in [0.05, 0.1) is 18.1 Å². The highest BCUT2D eigenvalue weighted by atomic mass is 35.5. The first-order valence-electron chi connectivity index (χ1n) is 10.9. The second-order valence-corrected chi connectivity index (χ2v) is 9.36. The molecule has 2 unspecified atom stereocenters. The number of rotatable bonds is 9. The van der Waals surface area contributed by atoms with E-state index in [1.165, 1.54) is 0 Å². The number of carbonyl (C=O) groups excluding carboxylic acids is 1. The van der Waals surface area contributed by atoms with Gasteiger partial charge in [0.15, 0.2) is 0 Å². The number of thioether (sulfide) groups is 1. The van der Waals surface area contributed by atoms with E-state index < -0.39 is 6.04 Å². The minimum absolute atomic E-state index is 0.00708. The first-order chi connectivity index (χ1) is 16.5. The van der Waals surface area contributed by atoms with E-state index in [-0.39, 0.29) is 16.9 Å². The molecule has 0 aliphatic carbocycles. The van der Waals surface area contributed by atoms with Crippen LogP contribution in [0.5, 0.6) is 5.75 Å². The predicted octanol–water partition coefficient (Wildman–Crippen LogP) is 5.81. The number of amides is 1. The van der Waals surface area contributed by atoms with Crippen molar-refractivity contribution in [2.75, 3.05) is 12.9 Å². The highest BCUT2D eigenvalue weighted by molar-refractivity contribution is 8.00. The molecular weight excluding hydrogens is 466 g/mol. The topological polar surface area (TPSA) is 56.1 Å². The monoisotopic (exact) mass is 491 g/mol. The Balaban J connectivity index is 1.54. The van der Waals surface area contributed by atoms with E-state index >= 15 is 0 Å². The third-order valence-electron chi connectivity index (χ3n) is 5.51. The van der Waals surface area contributed by atoms with Crippen molar-refractivity contribution in [2.24, 2.45) is 7.05 Å². The first-order valence-corrected chi connectivity index (χ1v) is 12.3. The van der Waals surface area contributed by atoms with Gasteiger partial charge in [0.25, 0.3) is 0 Å². The van der Waals surface area contributed by atoms with Crippen LogP contribution in [-0.4, -0.2) is 28.3 Å². The van der Waals surface area contributed by atoms with E-state index in [4.69, 9.17) is 16.3 Å². The van der Waals surface area contributed by atoms with E-state index in [1.54, 1.807) is 25.1 Å². The molecule has 4 aromatic rings. The number of imidazole rings is 1. The van der Waals surface area contributed by atoms with Gasteiger partial charge in [0.1, 0.15) is 17.6 Å². The molecule has 7 heteroatoms. The van der Waals surface area contributed by atoms with E-state index in [0.717, 1.165) is 28.3 Å². The quantitative estimate of drug-likeness (QED) is 0.321. The number of carbonyl (C=O) groups is 1. The Bertz CT molecular complexity index is 1230. The molecule has 1 aromatic heterocycles. The summed E-state index contributed by atoms with van der Waals surface area (Å²) in [6.07, 6.45) is 3.60. The zero-order valence-corrected chi connectivity index (χ0v) is 20.6. The van der Waals surface area contributed by atoms with Crippen LogP contribution >= 0.6 is 23.4 Å². The van der Waals surface area contributed by atoms with Crippen molar-refractivity contribution in [2.45, 2.75) is 11.3 Å². The van der Waals surface area contributed by atoms with E-state index in [9.17, 15) is 4.79 Å². The highest BCUT2D eigenvalue weighted by Gasteiger charge is 2.23. The number of benzene rings is 3. The number of aromatic nitrogens is 2. The molecule has 1 N–H and O–H groups in total. The van der Waals surface area contributed by atoms with Crippen LogP contribution in [-0.2, 0) is 11.8 Å². The van der Waals surface area contributed by atoms with Gasteiger partial charge in [-0.1, -0.05) is 66.2 Å². The molecule has 0 aliphatic heterocycles. The fourth-order valence-electron chi connectivity index (χ4n) is 3.79. The van der Waals surface area contributed by atoms with Crippen molar-refractivity contribution in [3.8, 4) is 5.75 Å². The molecular formula is C27H26ClN3O2S. The van der Waals surface area contributed by atoms with Gasteiger partial charge < -0.3 is 14.6 Å². The molecule has 4 rings (SSSR count). The van der Waals surface area contributed by atoms with Gasteiger partial charge in [-0.2, -0.15) is 0 Å². The summed E-state index contributed by atoms with van der Waals surface area (Å²) in [4.78, 5) is 17.7. The van der Waals surface area contributed by atoms with Crippen molar-refractivity contribution < 1.29 is 9.53 Å². The van der Waals surface area contributed by atoms with Crippen molar-refractivity contribution in [1.82, 2.24) is 14.9 Å². The van der Waals surface area contributed by atoms with Crippen molar-refractivity contribution in [3.05, 3.63) is 119 Å². The highest BCUT2D eigenvalue weighted by Crippen LogP contribution is 2.36. The van der Waals surface area contributed by atoms with Crippen LogP contribution in [0.15, 0.2) is 91.3 Å². The lowest BCUT2D eigenvalue weighted by Gasteiger charge is -2.21. The van der Waals surface area contributed by atoms with Crippen LogP contribution in [0.4, 0.5) is 0 Å². The lowest BCUT2D eigenvalue weighted by Crippen LogP contribution is -2.32. The van der Waals surface area contributed by atoms with E-state index in [0.29, 0.717) is 5.02 Å². The molecule has 0 saturated heterocycles. The molecule has 0 fully saturated rings. The van der Waals surface area contributed by atoms with Crippen LogP contribution in [0.25, 0.3) is 0 Å². The van der Waals surface area contributed by atoms with Gasteiger partial charge >= 0.3 is 0 Å². The summed E-state index contributed by atoms with van der Waals surface area (Å²) < 4.78 is 7.30. The Kier molecular flexibility index (Phi) is 7.93. The second kappa shape index (κ2) is 11.3. The third kappa shape index (κ3) is 5.82. The number of ether oxygens (including phenoxy) is 1. The van der Waals surface area contributed by atoms with Crippen molar-refractivity contribution >= 4 is 29.3 Å². The maximum atomic E-state index is 13.2. The summed E-state index contributed by atoms with van der Waals surface area (Å²) in [6, 6.07) is 25.3. The van der Waals surface area contributed by atoms with Gasteiger partial charge in [-0.15, -0.1) is 11.8 Å². The van der Waals surface area contributed by atoms with Gasteiger partial charge in [0, 0.05) is 24.5 Å². The minimum atomic E-state index is -0.395. The van der Waals surface area contributed by atoms with Crippen LogP contribution < -0.4 is 10.1 Å². The normalized spacial score (nSPS) is 12.7. The lowest BCUT2D eigenvalue weighted by molar-refractivity contribution is -0.119.